The third-order valence-electron chi connectivity index (χ3n) is 1.14. The highest BCUT2D eigenvalue weighted by atomic mass is 35.5. The van der Waals surface area contributed by atoms with Crippen LogP contribution >= 0.6 is 11.6 Å². The lowest BCUT2D eigenvalue weighted by molar-refractivity contribution is 0.259. The fraction of sp³-hybridized carbons (Fsp3) is 0.833. The summed E-state index contributed by atoms with van der Waals surface area (Å²) in [4.78, 5) is 10.1. The summed E-state index contributed by atoms with van der Waals surface area (Å²) in [7, 11) is 0. The van der Waals surface area contributed by atoms with E-state index in [-0.39, 0.29) is 0 Å². The molecule has 0 spiro atoms. The van der Waals surface area contributed by atoms with Crippen LogP contribution in [0.4, 0.5) is 4.79 Å². The zero-order valence-electron chi connectivity index (χ0n) is 5.90. The first-order valence-electron chi connectivity index (χ1n) is 3.40. The molecule has 1 amide bonds. The van der Waals surface area contributed by atoms with Crippen LogP contribution in [0.3, 0.4) is 0 Å². The number of nitrogens with two attached hydrogens (primary N) is 1. The third-order valence-corrected chi connectivity index (χ3v) is 1.28. The minimum absolute atomic E-state index is 0.479. The standard InChI is InChI=1S/C6H13ClN2O/c7-6(10)9-5-3-1-2-4-8/h1-5,8H2,(H,9,10). The molecule has 0 aliphatic carbocycles. The van der Waals surface area contributed by atoms with E-state index in [4.69, 9.17) is 17.3 Å². The average Bonchev–Trinajstić information content (AvgIpc) is 1.87. The van der Waals surface area contributed by atoms with Gasteiger partial charge in [0, 0.05) is 6.54 Å². The fourth-order valence-electron chi connectivity index (χ4n) is 0.633. The van der Waals surface area contributed by atoms with E-state index in [0.29, 0.717) is 6.54 Å². The van der Waals surface area contributed by atoms with Crippen molar-refractivity contribution in [3.8, 4) is 0 Å². The van der Waals surface area contributed by atoms with Crippen LogP contribution in [0, 0.1) is 0 Å². The maximum atomic E-state index is 10.1. The van der Waals surface area contributed by atoms with E-state index in [1.54, 1.807) is 0 Å². The summed E-state index contributed by atoms with van der Waals surface area (Å²) in [5, 5.41) is 2.01. The number of hydrogen-bond acceptors (Lipinski definition) is 2. The highest BCUT2D eigenvalue weighted by molar-refractivity contribution is 6.62. The first kappa shape index (κ1) is 9.72. The summed E-state index contributed by atoms with van der Waals surface area (Å²) in [6.07, 6.45) is 3.02. The molecule has 0 saturated carbocycles. The predicted molar refractivity (Wildman–Crippen MR) is 42.2 cm³/mol. The molecule has 0 bridgehead atoms. The Kier molecular flexibility index (Phi) is 6.64. The lowest BCUT2D eigenvalue weighted by Crippen LogP contribution is -2.17. The van der Waals surface area contributed by atoms with Crippen LogP contribution in [0.5, 0.6) is 0 Å². The monoisotopic (exact) mass is 164 g/mol. The molecular weight excluding hydrogens is 152 g/mol. The number of unbranched alkanes of at least 4 members (excludes halogenated alkanes) is 2. The molecule has 60 valence electrons. The molecule has 0 radical (unpaired) electrons. The van der Waals surface area contributed by atoms with Gasteiger partial charge in [0.05, 0.1) is 0 Å². The Bertz CT molecular complexity index is 97.7. The van der Waals surface area contributed by atoms with E-state index in [9.17, 15) is 4.79 Å². The second kappa shape index (κ2) is 6.83. The van der Waals surface area contributed by atoms with Crippen LogP contribution in [0.25, 0.3) is 0 Å². The van der Waals surface area contributed by atoms with Crippen molar-refractivity contribution in [2.45, 2.75) is 19.3 Å². The molecule has 10 heavy (non-hydrogen) atoms. The second-order valence-corrected chi connectivity index (χ2v) is 2.39. The second-order valence-electron chi connectivity index (χ2n) is 2.05. The largest absolute Gasteiger partial charge is 0.343 e. The number of nitrogens with one attached hydrogen (secondary N) is 1. The van der Waals surface area contributed by atoms with Gasteiger partial charge < -0.3 is 11.1 Å². The Morgan fingerprint density at radius 3 is 2.60 bits per heavy atom. The lowest BCUT2D eigenvalue weighted by atomic mass is 10.2. The Hall–Kier alpha value is -0.280. The van der Waals surface area contributed by atoms with Crippen molar-refractivity contribution in [1.29, 1.82) is 0 Å². The molecule has 0 saturated heterocycles. The Balaban J connectivity index is 2.84. The number of amides is 1. The van der Waals surface area contributed by atoms with Gasteiger partial charge in [-0.2, -0.15) is 0 Å². The Morgan fingerprint density at radius 2 is 2.10 bits per heavy atom. The molecule has 0 aromatic carbocycles. The fourth-order valence-corrected chi connectivity index (χ4v) is 0.727. The summed E-state index contributed by atoms with van der Waals surface area (Å²) in [5.41, 5.74) is 5.26. The van der Waals surface area contributed by atoms with E-state index in [1.165, 1.54) is 0 Å². The third kappa shape index (κ3) is 7.72. The summed E-state index contributed by atoms with van der Waals surface area (Å²) in [6.45, 7) is 1.37. The number of halogens is 1. The quantitative estimate of drug-likeness (QED) is 0.363. The molecule has 0 rings (SSSR count). The smallest absolute Gasteiger partial charge is 0.313 e. The zero-order valence-corrected chi connectivity index (χ0v) is 6.66. The molecule has 0 aromatic rings. The van der Waals surface area contributed by atoms with Crippen LogP contribution < -0.4 is 11.1 Å². The molecule has 0 aromatic heterocycles. The van der Waals surface area contributed by atoms with Crippen LogP contribution in [0.15, 0.2) is 0 Å². The van der Waals surface area contributed by atoms with Crippen molar-refractivity contribution in [2.24, 2.45) is 5.73 Å². The maximum absolute atomic E-state index is 10.1. The first-order valence-corrected chi connectivity index (χ1v) is 3.78. The maximum Gasteiger partial charge on any atom is 0.313 e. The van der Waals surface area contributed by atoms with Gasteiger partial charge in [-0.15, -0.1) is 0 Å². The van der Waals surface area contributed by atoms with Crippen LogP contribution in [0.2, 0.25) is 0 Å². The number of carbonyl (C=O) groups excluding carboxylic acids is 1. The molecule has 0 atom stereocenters. The molecule has 3 N–H and O–H groups in total. The van der Waals surface area contributed by atoms with Crippen LogP contribution in [0.1, 0.15) is 19.3 Å². The van der Waals surface area contributed by atoms with Crippen molar-refractivity contribution in [3.63, 3.8) is 0 Å². The summed E-state index contributed by atoms with van der Waals surface area (Å²) >= 11 is 5.02. The van der Waals surface area contributed by atoms with Gasteiger partial charge in [0.1, 0.15) is 0 Å². The minimum atomic E-state index is -0.479. The molecule has 0 heterocycles. The van der Waals surface area contributed by atoms with Gasteiger partial charge in [0.2, 0.25) is 0 Å². The van der Waals surface area contributed by atoms with Gasteiger partial charge in [-0.05, 0) is 31.0 Å². The highest BCUT2D eigenvalue weighted by Gasteiger charge is 1.91. The van der Waals surface area contributed by atoms with E-state index < -0.39 is 5.37 Å². The normalized spacial score (nSPS) is 9.40. The number of carbonyl (C=O) groups is 1. The van der Waals surface area contributed by atoms with Gasteiger partial charge in [0.25, 0.3) is 0 Å². The van der Waals surface area contributed by atoms with E-state index in [1.807, 2.05) is 0 Å². The Labute approximate surface area is 65.9 Å². The molecular formula is C6H13ClN2O. The highest BCUT2D eigenvalue weighted by Crippen LogP contribution is 1.91. The van der Waals surface area contributed by atoms with Crippen molar-refractivity contribution < 1.29 is 4.79 Å². The van der Waals surface area contributed by atoms with Gasteiger partial charge in [-0.25, -0.2) is 0 Å². The van der Waals surface area contributed by atoms with Gasteiger partial charge in [-0.1, -0.05) is 6.42 Å². The first-order chi connectivity index (χ1) is 4.77. The lowest BCUT2D eigenvalue weighted by Gasteiger charge is -1.98. The van der Waals surface area contributed by atoms with Crippen LogP contribution in [-0.2, 0) is 0 Å². The summed E-state index contributed by atoms with van der Waals surface area (Å²) in [6, 6.07) is 0. The van der Waals surface area contributed by atoms with Gasteiger partial charge in [-0.3, -0.25) is 4.79 Å². The molecule has 0 aliphatic heterocycles. The molecule has 0 unspecified atom stereocenters. The van der Waals surface area contributed by atoms with Crippen molar-refractivity contribution in [2.75, 3.05) is 13.1 Å². The van der Waals surface area contributed by atoms with Gasteiger partial charge in [0.15, 0.2) is 0 Å². The van der Waals surface area contributed by atoms with Gasteiger partial charge >= 0.3 is 5.37 Å². The van der Waals surface area contributed by atoms with Crippen molar-refractivity contribution in [3.05, 3.63) is 0 Å². The SMILES string of the molecule is NCCCCCNC(=O)Cl. The topological polar surface area (TPSA) is 55.1 Å². The number of hydrogen-bond donors (Lipinski definition) is 2. The molecule has 3 nitrogen and oxygen atoms in total. The van der Waals surface area contributed by atoms with Crippen molar-refractivity contribution in [1.82, 2.24) is 5.32 Å². The van der Waals surface area contributed by atoms with Crippen molar-refractivity contribution >= 4 is 17.0 Å². The Morgan fingerprint density at radius 1 is 1.40 bits per heavy atom. The van der Waals surface area contributed by atoms with E-state index in [2.05, 4.69) is 5.32 Å². The molecule has 0 aliphatic rings. The average molecular weight is 165 g/mol. The van der Waals surface area contributed by atoms with E-state index >= 15 is 0 Å². The zero-order chi connectivity index (χ0) is 7.82. The predicted octanol–water partition coefficient (Wildman–Crippen LogP) is 1.06. The summed E-state index contributed by atoms with van der Waals surface area (Å²) < 4.78 is 0. The minimum Gasteiger partial charge on any atom is -0.343 e. The van der Waals surface area contributed by atoms with Crippen LogP contribution in [-0.4, -0.2) is 18.5 Å². The number of rotatable bonds is 5. The summed E-state index contributed by atoms with van der Waals surface area (Å²) in [5.74, 6) is 0. The molecule has 0 fully saturated rings. The molecule has 4 heteroatoms. The van der Waals surface area contributed by atoms with E-state index in [0.717, 1.165) is 25.8 Å².